The molecule has 0 saturated carbocycles. The maximum Gasteiger partial charge on any atom is 0.356 e. The van der Waals surface area contributed by atoms with E-state index in [1.807, 2.05) is 37.4 Å². The van der Waals surface area contributed by atoms with Gasteiger partial charge in [-0.05, 0) is 0 Å². The van der Waals surface area contributed by atoms with E-state index in [2.05, 4.69) is 15.0 Å². The Balaban J connectivity index is 2.23. The molecule has 0 fully saturated rings. The second-order valence-electron chi connectivity index (χ2n) is 4.07. The summed E-state index contributed by atoms with van der Waals surface area (Å²) in [5, 5.41) is 8.90. The molecule has 19 heavy (non-hydrogen) atoms. The van der Waals surface area contributed by atoms with Crippen molar-refractivity contribution in [3.8, 4) is 11.4 Å². The molecule has 3 aromatic rings. The lowest BCUT2D eigenvalue weighted by Gasteiger charge is -2.00. The monoisotopic (exact) mass is 254 g/mol. The molecule has 0 spiro atoms. The molecule has 6 nitrogen and oxygen atoms in total. The fraction of sp³-hybridized carbons (Fsp3) is 0.0769. The quantitative estimate of drug-likeness (QED) is 0.753. The van der Waals surface area contributed by atoms with Crippen molar-refractivity contribution in [1.82, 2.24) is 19.5 Å². The summed E-state index contributed by atoms with van der Waals surface area (Å²) >= 11 is 0. The van der Waals surface area contributed by atoms with Crippen molar-refractivity contribution >= 4 is 17.3 Å². The number of aryl methyl sites for hydroxylation is 1. The minimum Gasteiger partial charge on any atom is -0.476 e. The van der Waals surface area contributed by atoms with Crippen molar-refractivity contribution in [3.63, 3.8) is 0 Å². The molecule has 0 saturated heterocycles. The van der Waals surface area contributed by atoms with Gasteiger partial charge in [-0.1, -0.05) is 30.3 Å². The van der Waals surface area contributed by atoms with E-state index in [9.17, 15) is 4.79 Å². The summed E-state index contributed by atoms with van der Waals surface area (Å²) in [5.41, 5.74) is 1.72. The van der Waals surface area contributed by atoms with Crippen LogP contribution < -0.4 is 0 Å². The normalized spacial score (nSPS) is 10.8. The van der Waals surface area contributed by atoms with Crippen LogP contribution in [-0.2, 0) is 7.05 Å². The predicted molar refractivity (Wildman–Crippen MR) is 68.7 cm³/mol. The fourth-order valence-corrected chi connectivity index (χ4v) is 1.91. The van der Waals surface area contributed by atoms with E-state index in [0.29, 0.717) is 17.1 Å². The Bertz CT molecular complexity index is 765. The van der Waals surface area contributed by atoms with Gasteiger partial charge in [-0.2, -0.15) is 0 Å². The Hall–Kier alpha value is -2.76. The minimum atomic E-state index is -1.11. The van der Waals surface area contributed by atoms with Crippen LogP contribution in [0.3, 0.4) is 0 Å². The highest BCUT2D eigenvalue weighted by atomic mass is 16.4. The van der Waals surface area contributed by atoms with Crippen LogP contribution in [0.5, 0.6) is 0 Å². The fourth-order valence-electron chi connectivity index (χ4n) is 1.91. The molecule has 0 aliphatic heterocycles. The van der Waals surface area contributed by atoms with E-state index >= 15 is 0 Å². The zero-order chi connectivity index (χ0) is 13.4. The number of carboxylic acids is 1. The first-order chi connectivity index (χ1) is 9.16. The van der Waals surface area contributed by atoms with Crippen molar-refractivity contribution < 1.29 is 9.90 Å². The number of carboxylic acid groups (broad SMARTS) is 1. The van der Waals surface area contributed by atoms with Crippen molar-refractivity contribution in [2.24, 2.45) is 7.05 Å². The van der Waals surface area contributed by atoms with Gasteiger partial charge in [0.2, 0.25) is 0 Å². The van der Waals surface area contributed by atoms with Gasteiger partial charge in [0.1, 0.15) is 5.82 Å². The van der Waals surface area contributed by atoms with E-state index in [1.54, 1.807) is 4.57 Å². The Morgan fingerprint density at radius 3 is 2.63 bits per heavy atom. The molecule has 6 heteroatoms. The van der Waals surface area contributed by atoms with Crippen LogP contribution >= 0.6 is 0 Å². The van der Waals surface area contributed by atoms with Crippen LogP contribution in [0.25, 0.3) is 22.7 Å². The third-order valence-corrected chi connectivity index (χ3v) is 2.83. The standard InChI is InChI=1S/C13H10N4O2/c1-17-11(8-5-3-2-4-6-8)16-10-12(17)14-7-9(15-10)13(18)19/h2-7H,1H3,(H,18,19). The molecular formula is C13H10N4O2. The summed E-state index contributed by atoms with van der Waals surface area (Å²) in [6, 6.07) is 9.61. The predicted octanol–water partition coefficient (Wildman–Crippen LogP) is 1.73. The van der Waals surface area contributed by atoms with Gasteiger partial charge in [0, 0.05) is 12.6 Å². The van der Waals surface area contributed by atoms with Crippen LogP contribution in [0.4, 0.5) is 0 Å². The first-order valence-electron chi connectivity index (χ1n) is 5.65. The first-order valence-corrected chi connectivity index (χ1v) is 5.65. The number of imidazole rings is 1. The Kier molecular flexibility index (Phi) is 2.49. The highest BCUT2D eigenvalue weighted by molar-refractivity contribution is 5.87. The van der Waals surface area contributed by atoms with Gasteiger partial charge in [-0.15, -0.1) is 0 Å². The van der Waals surface area contributed by atoms with Crippen LogP contribution in [0.15, 0.2) is 36.5 Å². The summed E-state index contributed by atoms with van der Waals surface area (Å²) in [5.74, 6) is -0.403. The number of aromatic nitrogens is 4. The van der Waals surface area contributed by atoms with Gasteiger partial charge < -0.3 is 9.67 Å². The topological polar surface area (TPSA) is 80.9 Å². The molecule has 1 aromatic carbocycles. The molecule has 0 unspecified atom stereocenters. The average molecular weight is 254 g/mol. The third kappa shape index (κ3) is 1.83. The number of benzene rings is 1. The SMILES string of the molecule is Cn1c(-c2ccccc2)nc2nc(C(=O)O)cnc21. The lowest BCUT2D eigenvalue weighted by Crippen LogP contribution is -2.02. The molecule has 0 bridgehead atoms. The zero-order valence-electron chi connectivity index (χ0n) is 10.1. The van der Waals surface area contributed by atoms with Crippen molar-refractivity contribution in [2.45, 2.75) is 0 Å². The molecule has 0 aliphatic carbocycles. The highest BCUT2D eigenvalue weighted by Gasteiger charge is 2.14. The highest BCUT2D eigenvalue weighted by Crippen LogP contribution is 2.21. The minimum absolute atomic E-state index is 0.106. The second-order valence-corrected chi connectivity index (χ2v) is 4.07. The lowest BCUT2D eigenvalue weighted by molar-refractivity contribution is 0.0690. The maximum absolute atomic E-state index is 10.9. The molecule has 0 atom stereocenters. The number of rotatable bonds is 2. The number of carbonyl (C=O) groups is 1. The van der Waals surface area contributed by atoms with Gasteiger partial charge in [0.05, 0.1) is 6.20 Å². The average Bonchev–Trinajstić information content (AvgIpc) is 2.76. The van der Waals surface area contributed by atoms with Crippen molar-refractivity contribution in [1.29, 1.82) is 0 Å². The number of hydrogen-bond acceptors (Lipinski definition) is 4. The smallest absolute Gasteiger partial charge is 0.356 e. The number of hydrogen-bond donors (Lipinski definition) is 1. The summed E-state index contributed by atoms with van der Waals surface area (Å²) in [6.45, 7) is 0. The van der Waals surface area contributed by atoms with Crippen LogP contribution in [-0.4, -0.2) is 30.6 Å². The zero-order valence-corrected chi connectivity index (χ0v) is 10.1. The molecule has 3 rings (SSSR count). The van der Waals surface area contributed by atoms with E-state index in [4.69, 9.17) is 5.11 Å². The third-order valence-electron chi connectivity index (χ3n) is 2.83. The number of nitrogens with zero attached hydrogens (tertiary/aromatic N) is 4. The molecule has 94 valence electrons. The lowest BCUT2D eigenvalue weighted by atomic mass is 10.2. The van der Waals surface area contributed by atoms with Crippen LogP contribution in [0.1, 0.15) is 10.5 Å². The van der Waals surface area contributed by atoms with E-state index in [0.717, 1.165) is 5.56 Å². The summed E-state index contributed by atoms with van der Waals surface area (Å²) < 4.78 is 1.79. The molecule has 0 aliphatic rings. The van der Waals surface area contributed by atoms with Gasteiger partial charge in [-0.3, -0.25) is 0 Å². The van der Waals surface area contributed by atoms with Crippen LogP contribution in [0, 0.1) is 0 Å². The molecule has 1 N–H and O–H groups in total. The van der Waals surface area contributed by atoms with Gasteiger partial charge >= 0.3 is 5.97 Å². The van der Waals surface area contributed by atoms with Crippen LogP contribution in [0.2, 0.25) is 0 Å². The Labute approximate surface area is 108 Å². The largest absolute Gasteiger partial charge is 0.476 e. The van der Waals surface area contributed by atoms with E-state index in [1.165, 1.54) is 6.20 Å². The molecule has 2 aromatic heterocycles. The second kappa shape index (κ2) is 4.16. The summed E-state index contributed by atoms with van der Waals surface area (Å²) in [4.78, 5) is 23.3. The van der Waals surface area contributed by atoms with Crippen molar-refractivity contribution in [3.05, 3.63) is 42.2 Å². The van der Waals surface area contributed by atoms with Gasteiger partial charge in [0.15, 0.2) is 17.0 Å². The molecular weight excluding hydrogens is 244 g/mol. The molecule has 2 heterocycles. The Morgan fingerprint density at radius 1 is 1.21 bits per heavy atom. The Morgan fingerprint density at radius 2 is 1.95 bits per heavy atom. The number of aromatic carboxylic acids is 1. The van der Waals surface area contributed by atoms with Gasteiger partial charge in [0.25, 0.3) is 0 Å². The van der Waals surface area contributed by atoms with E-state index in [-0.39, 0.29) is 5.69 Å². The molecule has 0 radical (unpaired) electrons. The van der Waals surface area contributed by atoms with E-state index < -0.39 is 5.97 Å². The summed E-state index contributed by atoms with van der Waals surface area (Å²) in [6.07, 6.45) is 1.24. The van der Waals surface area contributed by atoms with Crippen molar-refractivity contribution in [2.75, 3.05) is 0 Å². The first kappa shape index (κ1) is 11.3. The summed E-state index contributed by atoms with van der Waals surface area (Å²) in [7, 11) is 1.83. The maximum atomic E-state index is 10.9. The number of fused-ring (bicyclic) bond motifs is 1. The molecule has 0 amide bonds. The van der Waals surface area contributed by atoms with Gasteiger partial charge in [-0.25, -0.2) is 19.7 Å².